The number of carbonyl (C=O) groups excluding carboxylic acids is 1. The topological polar surface area (TPSA) is 97.4 Å². The van der Waals surface area contributed by atoms with Crippen molar-refractivity contribution >= 4 is 21.6 Å². The highest BCUT2D eigenvalue weighted by Gasteiger charge is 2.34. The lowest BCUT2D eigenvalue weighted by molar-refractivity contribution is -0.141. The molecule has 0 fully saturated rings. The fourth-order valence-electron chi connectivity index (χ4n) is 3.41. The van der Waals surface area contributed by atoms with Crippen LogP contribution in [0.15, 0.2) is 24.3 Å². The number of aryl methyl sites for hydroxylation is 1. The molecule has 1 atom stereocenters. The van der Waals surface area contributed by atoms with E-state index in [-0.39, 0.29) is 30.3 Å². The van der Waals surface area contributed by atoms with Gasteiger partial charge in [-0.25, -0.2) is 17.8 Å². The Hall–Kier alpha value is -2.89. The van der Waals surface area contributed by atoms with Gasteiger partial charge in [0.25, 0.3) is 0 Å². The Kier molecular flexibility index (Phi) is 10.1. The van der Waals surface area contributed by atoms with E-state index in [4.69, 9.17) is 4.74 Å². The van der Waals surface area contributed by atoms with Crippen molar-refractivity contribution in [2.24, 2.45) is 0 Å². The van der Waals surface area contributed by atoms with Crippen molar-refractivity contribution < 1.29 is 35.5 Å². The minimum absolute atomic E-state index is 0.138. The fourth-order valence-corrected chi connectivity index (χ4v) is 3.98. The van der Waals surface area contributed by atoms with E-state index in [2.05, 4.69) is 10.3 Å². The zero-order chi connectivity index (χ0) is 27.1. The lowest BCUT2D eigenvalue weighted by atomic mass is 9.99. The monoisotopic (exact) mass is 533 g/mol. The number of hydrogen-bond donors (Lipinski definition) is 2. The third kappa shape index (κ3) is 8.65. The first-order valence-corrected chi connectivity index (χ1v) is 13.4. The summed E-state index contributed by atoms with van der Waals surface area (Å²) in [5, 5.41) is 2.65. The van der Waals surface area contributed by atoms with E-state index in [0.717, 1.165) is 37.7 Å². The van der Waals surface area contributed by atoms with Gasteiger partial charge in [-0.15, -0.1) is 0 Å². The van der Waals surface area contributed by atoms with Crippen LogP contribution in [0.25, 0.3) is 0 Å². The van der Waals surface area contributed by atoms with Crippen molar-refractivity contribution in [3.05, 3.63) is 52.5 Å². The maximum atomic E-state index is 14.3. The van der Waals surface area contributed by atoms with Gasteiger partial charge in [0, 0.05) is 12.1 Å². The standard InChI is InChI=1S/C24H31F4N3O4S/c1-5-6-7-8-11-35-23-18(15(2)12-21(30-23)24(26,27)28)14-29-22(32)16(3)17-9-10-20(19(25)13-17)31-36(4,33)34/h9-10,12-13,16,31H,5-8,11,14H2,1-4H3,(H,29,32). The van der Waals surface area contributed by atoms with Gasteiger partial charge >= 0.3 is 6.18 Å². The molecule has 1 heterocycles. The quantitative estimate of drug-likeness (QED) is 0.285. The number of benzene rings is 1. The van der Waals surface area contributed by atoms with Crippen molar-refractivity contribution in [2.75, 3.05) is 17.6 Å². The molecule has 2 aromatic rings. The average Bonchev–Trinajstić information content (AvgIpc) is 2.77. The summed E-state index contributed by atoms with van der Waals surface area (Å²) >= 11 is 0. The van der Waals surface area contributed by atoms with Gasteiger partial charge in [-0.05, 0) is 49.6 Å². The Morgan fingerprint density at radius 1 is 1.17 bits per heavy atom. The van der Waals surface area contributed by atoms with Crippen LogP contribution in [0.2, 0.25) is 0 Å². The third-order valence-corrected chi connectivity index (χ3v) is 6.05. The maximum Gasteiger partial charge on any atom is 0.433 e. The Bertz CT molecular complexity index is 1170. The summed E-state index contributed by atoms with van der Waals surface area (Å²) in [4.78, 5) is 16.4. The molecule has 0 aliphatic heterocycles. The molecule has 0 aliphatic rings. The first-order valence-electron chi connectivity index (χ1n) is 11.5. The first kappa shape index (κ1) is 29.3. The molecule has 0 saturated heterocycles. The van der Waals surface area contributed by atoms with Gasteiger partial charge in [-0.2, -0.15) is 13.2 Å². The molecule has 0 aliphatic carbocycles. The van der Waals surface area contributed by atoms with E-state index in [1.807, 2.05) is 11.6 Å². The van der Waals surface area contributed by atoms with Crippen molar-refractivity contribution in [3.63, 3.8) is 0 Å². The number of nitrogens with one attached hydrogen (secondary N) is 2. The van der Waals surface area contributed by atoms with Crippen LogP contribution in [-0.2, 0) is 27.5 Å². The number of nitrogens with zero attached hydrogens (tertiary/aromatic N) is 1. The molecule has 2 N–H and O–H groups in total. The van der Waals surface area contributed by atoms with Crippen LogP contribution in [-0.4, -0.2) is 32.2 Å². The number of aromatic nitrogens is 1. The molecule has 12 heteroatoms. The summed E-state index contributed by atoms with van der Waals surface area (Å²) < 4.78 is 84.4. The molecule has 0 bridgehead atoms. The number of alkyl halides is 3. The van der Waals surface area contributed by atoms with Crippen molar-refractivity contribution in [3.8, 4) is 5.88 Å². The molecule has 1 aromatic carbocycles. The normalized spacial score (nSPS) is 12.8. The minimum atomic E-state index is -4.65. The van der Waals surface area contributed by atoms with E-state index in [1.54, 1.807) is 0 Å². The smallest absolute Gasteiger partial charge is 0.433 e. The largest absolute Gasteiger partial charge is 0.477 e. The van der Waals surface area contributed by atoms with Crippen LogP contribution in [0.1, 0.15) is 67.8 Å². The van der Waals surface area contributed by atoms with E-state index >= 15 is 0 Å². The zero-order valence-electron chi connectivity index (χ0n) is 20.6. The molecule has 2 rings (SSSR count). The number of pyridine rings is 1. The summed E-state index contributed by atoms with van der Waals surface area (Å²) in [7, 11) is -3.68. The Labute approximate surface area is 208 Å². The highest BCUT2D eigenvalue weighted by atomic mass is 32.2. The van der Waals surface area contributed by atoms with E-state index in [0.29, 0.717) is 17.5 Å². The van der Waals surface area contributed by atoms with E-state index in [1.165, 1.54) is 26.0 Å². The van der Waals surface area contributed by atoms with E-state index < -0.39 is 39.5 Å². The second-order valence-electron chi connectivity index (χ2n) is 8.57. The lowest BCUT2D eigenvalue weighted by Gasteiger charge is -2.18. The van der Waals surface area contributed by atoms with Gasteiger partial charge in [0.2, 0.25) is 21.8 Å². The van der Waals surface area contributed by atoms with Crippen LogP contribution in [0.3, 0.4) is 0 Å². The number of ether oxygens (including phenoxy) is 1. The number of amides is 1. The number of rotatable bonds is 12. The number of carbonyl (C=O) groups is 1. The Morgan fingerprint density at radius 3 is 2.44 bits per heavy atom. The zero-order valence-corrected chi connectivity index (χ0v) is 21.4. The second-order valence-corrected chi connectivity index (χ2v) is 10.3. The molecular formula is C24H31F4N3O4S. The van der Waals surface area contributed by atoms with Gasteiger partial charge in [-0.3, -0.25) is 9.52 Å². The highest BCUT2D eigenvalue weighted by molar-refractivity contribution is 7.92. The predicted octanol–water partition coefficient (Wildman–Crippen LogP) is 5.30. The van der Waals surface area contributed by atoms with Crippen molar-refractivity contribution in [1.29, 1.82) is 0 Å². The molecule has 1 amide bonds. The van der Waals surface area contributed by atoms with Crippen LogP contribution in [0, 0.1) is 12.7 Å². The predicted molar refractivity (Wildman–Crippen MR) is 129 cm³/mol. The Morgan fingerprint density at radius 2 is 1.86 bits per heavy atom. The van der Waals surface area contributed by atoms with Crippen LogP contribution < -0.4 is 14.8 Å². The van der Waals surface area contributed by atoms with Crippen LogP contribution in [0.4, 0.5) is 23.2 Å². The maximum absolute atomic E-state index is 14.3. The highest BCUT2D eigenvalue weighted by Crippen LogP contribution is 2.32. The van der Waals surface area contributed by atoms with Crippen LogP contribution >= 0.6 is 0 Å². The molecule has 7 nitrogen and oxygen atoms in total. The lowest BCUT2D eigenvalue weighted by Crippen LogP contribution is -2.28. The third-order valence-electron chi connectivity index (χ3n) is 5.46. The first-order chi connectivity index (χ1) is 16.7. The Balaban J connectivity index is 2.17. The number of hydrogen-bond acceptors (Lipinski definition) is 5. The van der Waals surface area contributed by atoms with Gasteiger partial charge in [-0.1, -0.05) is 32.3 Å². The molecular weight excluding hydrogens is 502 g/mol. The minimum Gasteiger partial charge on any atom is -0.477 e. The summed E-state index contributed by atoms with van der Waals surface area (Å²) in [5.74, 6) is -2.37. The van der Waals surface area contributed by atoms with Gasteiger partial charge in [0.1, 0.15) is 11.5 Å². The van der Waals surface area contributed by atoms with Gasteiger partial charge in [0.05, 0.1) is 24.5 Å². The van der Waals surface area contributed by atoms with Crippen molar-refractivity contribution in [2.45, 2.75) is 65.1 Å². The van der Waals surface area contributed by atoms with Gasteiger partial charge in [0.15, 0.2) is 0 Å². The molecule has 1 aromatic heterocycles. The number of sulfonamides is 1. The van der Waals surface area contributed by atoms with E-state index in [9.17, 15) is 30.8 Å². The van der Waals surface area contributed by atoms with Gasteiger partial charge < -0.3 is 10.1 Å². The molecule has 36 heavy (non-hydrogen) atoms. The summed E-state index contributed by atoms with van der Waals surface area (Å²) in [6, 6.07) is 4.58. The molecule has 0 saturated carbocycles. The molecule has 1 unspecified atom stereocenters. The number of anilines is 1. The SMILES string of the molecule is CCCCCCOc1nc(C(F)(F)F)cc(C)c1CNC(=O)C(C)c1ccc(NS(C)(=O)=O)c(F)c1. The summed E-state index contributed by atoms with van der Waals surface area (Å²) in [5.41, 5.74) is -0.459. The molecule has 0 spiro atoms. The molecule has 200 valence electrons. The second kappa shape index (κ2) is 12.4. The number of halogens is 4. The summed E-state index contributed by atoms with van der Waals surface area (Å²) in [6.07, 6.45) is -0.264. The fraction of sp³-hybridized carbons (Fsp3) is 0.500. The average molecular weight is 534 g/mol. The molecule has 0 radical (unpaired) electrons. The van der Waals surface area contributed by atoms with Crippen LogP contribution in [0.5, 0.6) is 5.88 Å². The number of unbranched alkanes of at least 4 members (excludes halogenated alkanes) is 3. The summed E-state index contributed by atoms with van der Waals surface area (Å²) in [6.45, 7) is 5.10. The van der Waals surface area contributed by atoms with Crippen molar-refractivity contribution in [1.82, 2.24) is 10.3 Å².